The summed E-state index contributed by atoms with van der Waals surface area (Å²) in [5.41, 5.74) is 2.59. The first-order valence-corrected chi connectivity index (χ1v) is 13.2. The predicted octanol–water partition coefficient (Wildman–Crippen LogP) is 3.67. The fraction of sp³-hybridized carbons (Fsp3) is 0.370. The van der Waals surface area contributed by atoms with Gasteiger partial charge in [0, 0.05) is 50.5 Å². The van der Waals surface area contributed by atoms with E-state index >= 15 is 0 Å². The summed E-state index contributed by atoms with van der Waals surface area (Å²) in [7, 11) is 0. The second kappa shape index (κ2) is 12.0. The molecule has 0 bridgehead atoms. The third kappa shape index (κ3) is 5.68. The summed E-state index contributed by atoms with van der Waals surface area (Å²) in [6.45, 7) is 9.07. The second-order valence-electron chi connectivity index (χ2n) is 8.71. The molecule has 2 aromatic rings. The maximum atomic E-state index is 13.2. The largest absolute Gasteiger partial charge is 0.463 e. The molecule has 4 rings (SSSR count). The van der Waals surface area contributed by atoms with Crippen LogP contribution in [0.3, 0.4) is 0 Å². The van der Waals surface area contributed by atoms with Crippen molar-refractivity contribution in [3.8, 4) is 0 Å². The summed E-state index contributed by atoms with van der Waals surface area (Å²) in [4.78, 5) is 45.0. The molecule has 0 radical (unpaired) electrons. The van der Waals surface area contributed by atoms with E-state index in [1.165, 1.54) is 11.3 Å². The number of thiophene rings is 1. The second-order valence-corrected chi connectivity index (χ2v) is 9.49. The van der Waals surface area contributed by atoms with Gasteiger partial charge in [0.25, 0.3) is 5.91 Å². The Morgan fingerprint density at radius 1 is 1.17 bits per heavy atom. The zero-order valence-electron chi connectivity index (χ0n) is 20.5. The number of carbonyl (C=O) groups excluding carboxylic acids is 3. The molecule has 36 heavy (non-hydrogen) atoms. The molecule has 1 aromatic carbocycles. The van der Waals surface area contributed by atoms with Crippen LogP contribution in [-0.2, 0) is 9.53 Å². The van der Waals surface area contributed by atoms with Crippen LogP contribution in [0.2, 0.25) is 0 Å². The van der Waals surface area contributed by atoms with Crippen LogP contribution >= 0.6 is 11.3 Å². The fourth-order valence-corrected chi connectivity index (χ4v) is 5.33. The summed E-state index contributed by atoms with van der Waals surface area (Å²) < 4.78 is 5.44. The van der Waals surface area contributed by atoms with Crippen molar-refractivity contribution in [3.63, 3.8) is 0 Å². The van der Waals surface area contributed by atoms with Gasteiger partial charge in [0.1, 0.15) is 0 Å². The molecule has 2 aliphatic rings. The maximum Gasteiger partial charge on any atom is 0.338 e. The van der Waals surface area contributed by atoms with Gasteiger partial charge in [0.2, 0.25) is 0 Å². The number of urea groups is 1. The minimum Gasteiger partial charge on any atom is -0.463 e. The topological polar surface area (TPSA) is 82.2 Å². The number of rotatable bonds is 8. The Morgan fingerprint density at radius 2 is 1.97 bits per heavy atom. The number of hydrogen-bond acceptors (Lipinski definition) is 6. The highest BCUT2D eigenvalue weighted by atomic mass is 32.1. The van der Waals surface area contributed by atoms with Crippen molar-refractivity contribution < 1.29 is 19.1 Å². The molecule has 1 fully saturated rings. The smallest absolute Gasteiger partial charge is 0.338 e. The van der Waals surface area contributed by atoms with Crippen molar-refractivity contribution in [2.45, 2.75) is 19.4 Å². The highest BCUT2D eigenvalue weighted by Crippen LogP contribution is 2.33. The van der Waals surface area contributed by atoms with E-state index in [9.17, 15) is 14.4 Å². The van der Waals surface area contributed by atoms with Crippen molar-refractivity contribution in [2.75, 3.05) is 45.9 Å². The van der Waals surface area contributed by atoms with Gasteiger partial charge in [-0.25, -0.2) is 9.59 Å². The van der Waals surface area contributed by atoms with Gasteiger partial charge in [-0.3, -0.25) is 14.6 Å². The van der Waals surface area contributed by atoms with Crippen molar-refractivity contribution in [3.05, 3.63) is 82.2 Å². The maximum absolute atomic E-state index is 13.2. The lowest BCUT2D eigenvalue weighted by Crippen LogP contribution is -2.51. The van der Waals surface area contributed by atoms with Gasteiger partial charge in [-0.2, -0.15) is 11.3 Å². The van der Waals surface area contributed by atoms with E-state index in [1.54, 1.807) is 17.9 Å². The first kappa shape index (κ1) is 25.7. The Kier molecular flexibility index (Phi) is 8.56. The number of nitrogens with zero attached hydrogens (tertiary/aromatic N) is 3. The number of amides is 3. The Morgan fingerprint density at radius 3 is 2.67 bits per heavy atom. The Hall–Kier alpha value is -3.43. The molecule has 9 heteroatoms. The molecule has 3 heterocycles. The molecule has 190 valence electrons. The average Bonchev–Trinajstić information content (AvgIpc) is 3.33. The SMILES string of the molecule is C=CCN1C(=O)NC(c2ccsc2)C(C(=O)OCC)=C1CN1CCCN(C(=O)c2ccccc2)CC1. The number of hydrogen-bond donors (Lipinski definition) is 1. The standard InChI is InChI=1S/C27H32N4O4S/c1-3-12-31-22(23(26(33)35-4-2)24(28-27(31)34)21-11-17-36-19-21)18-29-13-8-14-30(16-15-29)25(32)20-9-6-5-7-10-20/h3,5-7,9-11,17,19,24H,1,4,8,12-16,18H2,2H3,(H,28,34). The monoisotopic (exact) mass is 508 g/mol. The quantitative estimate of drug-likeness (QED) is 0.435. The van der Waals surface area contributed by atoms with Crippen LogP contribution in [0.25, 0.3) is 0 Å². The normalized spacial score (nSPS) is 19.0. The molecule has 1 N–H and O–H groups in total. The van der Waals surface area contributed by atoms with Gasteiger partial charge < -0.3 is 15.0 Å². The zero-order chi connectivity index (χ0) is 25.5. The molecule has 3 amide bonds. The van der Waals surface area contributed by atoms with Crippen LogP contribution in [0.1, 0.15) is 35.3 Å². The summed E-state index contributed by atoms with van der Waals surface area (Å²) in [6, 6.07) is 10.4. The molecule has 0 spiro atoms. The minimum atomic E-state index is -0.581. The highest BCUT2D eigenvalue weighted by molar-refractivity contribution is 7.08. The van der Waals surface area contributed by atoms with Gasteiger partial charge in [0.05, 0.1) is 18.2 Å². The number of benzene rings is 1. The Labute approximate surface area is 215 Å². The predicted molar refractivity (Wildman–Crippen MR) is 140 cm³/mol. The van der Waals surface area contributed by atoms with E-state index in [4.69, 9.17) is 4.74 Å². The van der Waals surface area contributed by atoms with Crippen LogP contribution in [0.15, 0.2) is 71.1 Å². The van der Waals surface area contributed by atoms with Gasteiger partial charge >= 0.3 is 12.0 Å². The van der Waals surface area contributed by atoms with Crippen molar-refractivity contribution >= 4 is 29.2 Å². The zero-order valence-corrected chi connectivity index (χ0v) is 21.3. The van der Waals surface area contributed by atoms with Gasteiger partial charge in [-0.05, 0) is 47.9 Å². The first-order valence-electron chi connectivity index (χ1n) is 12.2. The summed E-state index contributed by atoms with van der Waals surface area (Å²) >= 11 is 1.51. The Balaban J connectivity index is 1.61. The minimum absolute atomic E-state index is 0.0201. The molecular formula is C27H32N4O4S. The molecule has 0 aliphatic carbocycles. The molecular weight excluding hydrogens is 476 g/mol. The molecule has 2 aliphatic heterocycles. The molecule has 0 saturated carbocycles. The van der Waals surface area contributed by atoms with Crippen LogP contribution in [0, 0.1) is 0 Å². The van der Waals surface area contributed by atoms with Crippen molar-refractivity contribution in [2.24, 2.45) is 0 Å². The number of carbonyl (C=O) groups is 3. The third-order valence-electron chi connectivity index (χ3n) is 6.39. The van der Waals surface area contributed by atoms with Crippen LogP contribution in [0.4, 0.5) is 4.79 Å². The fourth-order valence-electron chi connectivity index (χ4n) is 4.64. The summed E-state index contributed by atoms with van der Waals surface area (Å²) in [5, 5.41) is 6.84. The van der Waals surface area contributed by atoms with E-state index < -0.39 is 12.0 Å². The average molecular weight is 509 g/mol. The van der Waals surface area contributed by atoms with Crippen LogP contribution < -0.4 is 5.32 Å². The van der Waals surface area contributed by atoms with E-state index in [-0.39, 0.29) is 25.1 Å². The lowest BCUT2D eigenvalue weighted by Gasteiger charge is -2.37. The molecule has 1 aromatic heterocycles. The number of nitrogens with one attached hydrogen (secondary N) is 1. The van der Waals surface area contributed by atoms with E-state index in [1.807, 2.05) is 52.1 Å². The lowest BCUT2D eigenvalue weighted by atomic mass is 9.96. The molecule has 1 atom stereocenters. The van der Waals surface area contributed by atoms with Gasteiger partial charge in [0.15, 0.2) is 0 Å². The van der Waals surface area contributed by atoms with Crippen LogP contribution in [-0.4, -0.2) is 78.5 Å². The van der Waals surface area contributed by atoms with Gasteiger partial charge in [-0.15, -0.1) is 6.58 Å². The van der Waals surface area contributed by atoms with E-state index in [0.29, 0.717) is 43.0 Å². The van der Waals surface area contributed by atoms with Crippen molar-refractivity contribution in [1.82, 2.24) is 20.0 Å². The Bertz CT molecular complexity index is 1120. The van der Waals surface area contributed by atoms with Gasteiger partial charge in [-0.1, -0.05) is 24.3 Å². The highest BCUT2D eigenvalue weighted by Gasteiger charge is 2.38. The molecule has 8 nitrogen and oxygen atoms in total. The summed E-state index contributed by atoms with van der Waals surface area (Å²) in [5.74, 6) is -0.416. The summed E-state index contributed by atoms with van der Waals surface area (Å²) in [6.07, 6.45) is 2.44. The molecule has 1 unspecified atom stereocenters. The number of esters is 1. The number of ether oxygens (including phenoxy) is 1. The molecule has 1 saturated heterocycles. The lowest BCUT2D eigenvalue weighted by molar-refractivity contribution is -0.139. The van der Waals surface area contributed by atoms with E-state index in [2.05, 4.69) is 16.8 Å². The van der Waals surface area contributed by atoms with Crippen LogP contribution in [0.5, 0.6) is 0 Å². The third-order valence-corrected chi connectivity index (χ3v) is 7.09. The van der Waals surface area contributed by atoms with E-state index in [0.717, 1.165) is 18.5 Å². The van der Waals surface area contributed by atoms with Crippen molar-refractivity contribution in [1.29, 1.82) is 0 Å². The first-order chi connectivity index (χ1) is 17.5.